The second-order valence-corrected chi connectivity index (χ2v) is 8.20. The van der Waals surface area contributed by atoms with E-state index in [4.69, 9.17) is 16.6 Å². The SMILES string of the molecule is O=C1CC(c2nc3ccccc3n2CC=Cc2ccccc2)CN1c1ccc(Cl)cc1. The lowest BCUT2D eigenvalue weighted by Crippen LogP contribution is -2.24. The number of allylic oxidation sites excluding steroid dienone is 1. The lowest BCUT2D eigenvalue weighted by Gasteiger charge is -2.17. The summed E-state index contributed by atoms with van der Waals surface area (Å²) in [4.78, 5) is 19.6. The number of carbonyl (C=O) groups excluding carboxylic acids is 1. The van der Waals surface area contributed by atoms with Crippen LogP contribution in [-0.4, -0.2) is 22.0 Å². The first-order valence-electron chi connectivity index (χ1n) is 10.4. The van der Waals surface area contributed by atoms with Gasteiger partial charge in [-0.15, -0.1) is 0 Å². The monoisotopic (exact) mass is 427 g/mol. The molecule has 4 nitrogen and oxygen atoms in total. The topological polar surface area (TPSA) is 38.1 Å². The maximum atomic E-state index is 12.8. The summed E-state index contributed by atoms with van der Waals surface area (Å²) in [5.41, 5.74) is 4.09. The molecular weight excluding hydrogens is 406 g/mol. The Morgan fingerprint density at radius 3 is 2.52 bits per heavy atom. The minimum Gasteiger partial charge on any atom is -0.324 e. The van der Waals surface area contributed by atoms with Gasteiger partial charge in [-0.05, 0) is 42.0 Å². The van der Waals surface area contributed by atoms with Crippen molar-refractivity contribution >= 4 is 40.3 Å². The Balaban J connectivity index is 1.45. The highest BCUT2D eigenvalue weighted by atomic mass is 35.5. The van der Waals surface area contributed by atoms with Crippen LogP contribution in [0.2, 0.25) is 5.02 Å². The van der Waals surface area contributed by atoms with Crippen LogP contribution in [0, 0.1) is 0 Å². The molecule has 5 rings (SSSR count). The molecule has 0 N–H and O–H groups in total. The molecule has 0 radical (unpaired) electrons. The summed E-state index contributed by atoms with van der Waals surface area (Å²) in [7, 11) is 0. The summed E-state index contributed by atoms with van der Waals surface area (Å²) < 4.78 is 2.23. The van der Waals surface area contributed by atoms with Crippen molar-refractivity contribution in [2.24, 2.45) is 0 Å². The molecule has 0 aliphatic carbocycles. The number of hydrogen-bond acceptors (Lipinski definition) is 2. The smallest absolute Gasteiger partial charge is 0.227 e. The van der Waals surface area contributed by atoms with Gasteiger partial charge in [0, 0.05) is 36.1 Å². The van der Waals surface area contributed by atoms with Crippen LogP contribution in [0.5, 0.6) is 0 Å². The number of fused-ring (bicyclic) bond motifs is 1. The van der Waals surface area contributed by atoms with Crippen LogP contribution < -0.4 is 4.90 Å². The third-order valence-electron chi connectivity index (χ3n) is 5.71. The van der Waals surface area contributed by atoms with Gasteiger partial charge in [-0.2, -0.15) is 0 Å². The van der Waals surface area contributed by atoms with Gasteiger partial charge in [0.25, 0.3) is 0 Å². The van der Waals surface area contributed by atoms with Crippen LogP contribution in [0.3, 0.4) is 0 Å². The van der Waals surface area contributed by atoms with Crippen LogP contribution in [0.4, 0.5) is 5.69 Å². The van der Waals surface area contributed by atoms with Gasteiger partial charge in [-0.25, -0.2) is 4.98 Å². The van der Waals surface area contributed by atoms with Crippen molar-refractivity contribution in [1.29, 1.82) is 0 Å². The van der Waals surface area contributed by atoms with Crippen LogP contribution >= 0.6 is 11.6 Å². The van der Waals surface area contributed by atoms with Crippen molar-refractivity contribution < 1.29 is 4.79 Å². The second-order valence-electron chi connectivity index (χ2n) is 7.76. The van der Waals surface area contributed by atoms with Crippen molar-refractivity contribution in [1.82, 2.24) is 9.55 Å². The Bertz CT molecular complexity index is 1240. The Hall–Kier alpha value is -3.37. The van der Waals surface area contributed by atoms with E-state index in [0.29, 0.717) is 24.5 Å². The average Bonchev–Trinajstić information content (AvgIpc) is 3.36. The highest BCUT2D eigenvalue weighted by Gasteiger charge is 2.34. The first-order chi connectivity index (χ1) is 15.2. The normalized spacial score (nSPS) is 16.6. The van der Waals surface area contributed by atoms with Crippen molar-refractivity contribution in [3.63, 3.8) is 0 Å². The molecule has 31 heavy (non-hydrogen) atoms. The van der Waals surface area contributed by atoms with E-state index in [2.05, 4.69) is 34.9 Å². The number of halogens is 1. The Morgan fingerprint density at radius 1 is 0.968 bits per heavy atom. The van der Waals surface area contributed by atoms with Gasteiger partial charge < -0.3 is 9.47 Å². The third kappa shape index (κ3) is 3.99. The Labute approximate surface area is 186 Å². The van der Waals surface area contributed by atoms with Crippen LogP contribution in [0.1, 0.15) is 23.7 Å². The van der Waals surface area contributed by atoms with E-state index in [1.807, 2.05) is 65.6 Å². The molecule has 1 aliphatic heterocycles. The molecule has 0 bridgehead atoms. The second kappa shape index (κ2) is 8.40. The lowest BCUT2D eigenvalue weighted by atomic mass is 10.1. The van der Waals surface area contributed by atoms with Gasteiger partial charge in [0.05, 0.1) is 11.0 Å². The van der Waals surface area contributed by atoms with Gasteiger partial charge in [0.1, 0.15) is 5.82 Å². The van der Waals surface area contributed by atoms with E-state index in [0.717, 1.165) is 22.5 Å². The molecule has 4 aromatic rings. The standard InChI is InChI=1S/C26H22ClN3O/c27-21-12-14-22(15-13-21)30-18-20(17-25(30)31)26-28-23-10-4-5-11-24(23)29(26)16-6-9-19-7-2-1-3-8-19/h1-15,20H,16-18H2. The summed E-state index contributed by atoms with van der Waals surface area (Å²) >= 11 is 6.01. The zero-order valence-corrected chi connectivity index (χ0v) is 17.7. The summed E-state index contributed by atoms with van der Waals surface area (Å²) in [6, 6.07) is 25.9. The fourth-order valence-corrected chi connectivity index (χ4v) is 4.33. The highest BCUT2D eigenvalue weighted by Crippen LogP contribution is 2.33. The van der Waals surface area contributed by atoms with Crippen molar-refractivity contribution in [2.45, 2.75) is 18.9 Å². The molecular formula is C26H22ClN3O. The van der Waals surface area contributed by atoms with Crippen LogP contribution in [-0.2, 0) is 11.3 Å². The van der Waals surface area contributed by atoms with Gasteiger partial charge in [-0.1, -0.05) is 66.2 Å². The zero-order valence-electron chi connectivity index (χ0n) is 17.0. The molecule has 1 unspecified atom stereocenters. The van der Waals surface area contributed by atoms with E-state index in [9.17, 15) is 4.79 Å². The quantitative estimate of drug-likeness (QED) is 0.396. The Kier molecular flexibility index (Phi) is 5.31. The maximum absolute atomic E-state index is 12.8. The highest BCUT2D eigenvalue weighted by molar-refractivity contribution is 6.30. The molecule has 1 saturated heterocycles. The van der Waals surface area contributed by atoms with Crippen molar-refractivity contribution in [3.8, 4) is 0 Å². The van der Waals surface area contributed by atoms with Gasteiger partial charge in [0.2, 0.25) is 5.91 Å². The fourth-order valence-electron chi connectivity index (χ4n) is 4.21. The van der Waals surface area contributed by atoms with Crippen LogP contribution in [0.15, 0.2) is 84.9 Å². The number of benzene rings is 3. The molecule has 0 spiro atoms. The largest absolute Gasteiger partial charge is 0.324 e. The first-order valence-corrected chi connectivity index (χ1v) is 10.8. The summed E-state index contributed by atoms with van der Waals surface area (Å²) in [6.45, 7) is 1.32. The average molecular weight is 428 g/mol. The predicted octanol–water partition coefficient (Wildman–Crippen LogP) is 5.92. The minimum absolute atomic E-state index is 0.0423. The van der Waals surface area contributed by atoms with Crippen molar-refractivity contribution in [2.75, 3.05) is 11.4 Å². The third-order valence-corrected chi connectivity index (χ3v) is 5.96. The number of hydrogen-bond donors (Lipinski definition) is 0. The molecule has 1 atom stereocenters. The van der Waals surface area contributed by atoms with E-state index < -0.39 is 0 Å². The minimum atomic E-state index is 0.0423. The summed E-state index contributed by atoms with van der Waals surface area (Å²) in [6.07, 6.45) is 4.73. The molecule has 5 heteroatoms. The molecule has 2 heterocycles. The van der Waals surface area contributed by atoms with Gasteiger partial charge >= 0.3 is 0 Å². The van der Waals surface area contributed by atoms with E-state index in [-0.39, 0.29) is 11.8 Å². The summed E-state index contributed by atoms with van der Waals surface area (Å²) in [5, 5.41) is 0.666. The molecule has 3 aromatic carbocycles. The number of nitrogens with zero attached hydrogens (tertiary/aromatic N) is 3. The molecule has 0 saturated carbocycles. The number of imidazole rings is 1. The van der Waals surface area contributed by atoms with Gasteiger partial charge in [0.15, 0.2) is 0 Å². The van der Waals surface area contributed by atoms with E-state index in [1.54, 1.807) is 0 Å². The number of carbonyl (C=O) groups is 1. The molecule has 154 valence electrons. The summed E-state index contributed by atoms with van der Waals surface area (Å²) in [5.74, 6) is 1.12. The zero-order chi connectivity index (χ0) is 21.2. The van der Waals surface area contributed by atoms with Crippen molar-refractivity contribution in [3.05, 3.63) is 101 Å². The van der Waals surface area contributed by atoms with E-state index in [1.165, 1.54) is 5.56 Å². The predicted molar refractivity (Wildman–Crippen MR) is 126 cm³/mol. The fraction of sp³-hybridized carbons (Fsp3) is 0.154. The van der Waals surface area contributed by atoms with Crippen LogP contribution in [0.25, 0.3) is 17.1 Å². The van der Waals surface area contributed by atoms with E-state index >= 15 is 0 Å². The lowest BCUT2D eigenvalue weighted by molar-refractivity contribution is -0.117. The number of rotatable bonds is 5. The molecule has 1 aliphatic rings. The first kappa shape index (κ1) is 19.6. The number of anilines is 1. The molecule has 1 amide bonds. The number of aromatic nitrogens is 2. The molecule has 1 aromatic heterocycles. The number of para-hydroxylation sites is 2. The Morgan fingerprint density at radius 2 is 1.71 bits per heavy atom. The van der Waals surface area contributed by atoms with Gasteiger partial charge in [-0.3, -0.25) is 4.79 Å². The maximum Gasteiger partial charge on any atom is 0.227 e. The molecule has 1 fully saturated rings. The number of amides is 1.